The summed E-state index contributed by atoms with van der Waals surface area (Å²) in [6.45, 7) is 1.83. The number of nitrogens with zero attached hydrogens (tertiary/aromatic N) is 3. The number of imidazole rings is 1. The molecular weight excluding hydrogens is 323 g/mol. The molecule has 0 radical (unpaired) electrons. The topological polar surface area (TPSA) is 65.4 Å². The van der Waals surface area contributed by atoms with Crippen molar-refractivity contribution in [1.29, 1.82) is 0 Å². The van der Waals surface area contributed by atoms with Gasteiger partial charge in [0.2, 0.25) is 0 Å². The van der Waals surface area contributed by atoms with Gasteiger partial charge in [-0.25, -0.2) is 4.98 Å². The zero-order chi connectivity index (χ0) is 14.0. The minimum absolute atomic E-state index is 0. The molecule has 22 heavy (non-hydrogen) atoms. The van der Waals surface area contributed by atoms with E-state index in [1.165, 1.54) is 0 Å². The van der Waals surface area contributed by atoms with E-state index in [9.17, 15) is 0 Å². The molecule has 0 amide bonds. The molecule has 0 unspecified atom stereocenters. The van der Waals surface area contributed by atoms with Gasteiger partial charge in [0.1, 0.15) is 6.61 Å². The molecule has 2 rings (SSSR count). The van der Waals surface area contributed by atoms with Gasteiger partial charge in [-0.1, -0.05) is 35.5 Å². The molecule has 1 aromatic carbocycles. The van der Waals surface area contributed by atoms with Crippen LogP contribution >= 0.6 is 24.8 Å². The smallest absolute Gasteiger partial charge is 0.129 e. The molecule has 7 heteroatoms. The van der Waals surface area contributed by atoms with Crippen LogP contribution in [0.15, 0.2) is 54.2 Å². The summed E-state index contributed by atoms with van der Waals surface area (Å²) < 4.78 is 2.06. The molecule has 2 N–H and O–H groups in total. The van der Waals surface area contributed by atoms with Crippen molar-refractivity contribution >= 4 is 30.5 Å². The Morgan fingerprint density at radius 2 is 2.00 bits per heavy atom. The summed E-state index contributed by atoms with van der Waals surface area (Å²) in [6.07, 6.45) is 7.41. The maximum Gasteiger partial charge on any atom is 0.129 e. The molecule has 0 bridgehead atoms. The number of rotatable bonds is 8. The predicted molar refractivity (Wildman–Crippen MR) is 93.9 cm³/mol. The van der Waals surface area contributed by atoms with Crippen molar-refractivity contribution in [3.8, 4) is 0 Å². The third-order valence-electron chi connectivity index (χ3n) is 2.88. The highest BCUT2D eigenvalue weighted by atomic mass is 35.5. The van der Waals surface area contributed by atoms with Crippen LogP contribution in [0.3, 0.4) is 0 Å². The third-order valence-corrected chi connectivity index (χ3v) is 2.88. The van der Waals surface area contributed by atoms with Crippen molar-refractivity contribution in [1.82, 2.24) is 9.55 Å². The van der Waals surface area contributed by atoms with Crippen LogP contribution in [0.2, 0.25) is 0 Å². The first kappa shape index (κ1) is 20.4. The van der Waals surface area contributed by atoms with Crippen LogP contribution in [0.25, 0.3) is 0 Å². The molecule has 0 fully saturated rings. The summed E-state index contributed by atoms with van der Waals surface area (Å²) in [5.74, 6) is 0. The van der Waals surface area contributed by atoms with Gasteiger partial charge < -0.3 is 15.1 Å². The quantitative estimate of drug-likeness (QED) is 0.455. The molecule has 0 saturated heterocycles. The molecule has 1 aromatic heterocycles. The fraction of sp³-hybridized carbons (Fsp3) is 0.333. The minimum atomic E-state index is 0. The van der Waals surface area contributed by atoms with Crippen LogP contribution in [-0.4, -0.2) is 28.4 Å². The molecule has 0 aliphatic rings. The Balaban J connectivity index is 0.00000220. The Labute approximate surface area is 143 Å². The van der Waals surface area contributed by atoms with Gasteiger partial charge in [0, 0.05) is 25.5 Å². The molecule has 0 saturated carbocycles. The van der Waals surface area contributed by atoms with E-state index in [0.29, 0.717) is 13.2 Å². The fourth-order valence-corrected chi connectivity index (χ4v) is 1.90. The summed E-state index contributed by atoms with van der Waals surface area (Å²) in [4.78, 5) is 9.26. The molecule has 0 aliphatic carbocycles. The van der Waals surface area contributed by atoms with Crippen LogP contribution in [0.5, 0.6) is 0 Å². The Kier molecular flexibility index (Phi) is 11.2. The van der Waals surface area contributed by atoms with Crippen LogP contribution in [0.1, 0.15) is 18.4 Å². The molecule has 0 aliphatic heterocycles. The van der Waals surface area contributed by atoms with Gasteiger partial charge in [0.05, 0.1) is 12.0 Å². The molecule has 1 heterocycles. The van der Waals surface area contributed by atoms with E-state index < -0.39 is 0 Å². The third kappa shape index (κ3) is 6.93. The van der Waals surface area contributed by atoms with Gasteiger partial charge in [-0.05, 0) is 18.4 Å². The monoisotopic (exact) mass is 344 g/mol. The number of aromatic nitrogens is 2. The van der Waals surface area contributed by atoms with Crippen molar-refractivity contribution in [3.05, 3.63) is 54.6 Å². The number of nitrogens with two attached hydrogens (primary N) is 1. The first-order valence-corrected chi connectivity index (χ1v) is 6.80. The zero-order valence-corrected chi connectivity index (χ0v) is 13.9. The maximum atomic E-state index is 5.41. The first-order valence-electron chi connectivity index (χ1n) is 6.80. The molecule has 0 atom stereocenters. The van der Waals surface area contributed by atoms with Crippen molar-refractivity contribution in [2.75, 3.05) is 13.2 Å². The molecule has 122 valence electrons. The summed E-state index contributed by atoms with van der Waals surface area (Å²) in [5, 5.41) is 4.21. The summed E-state index contributed by atoms with van der Waals surface area (Å²) >= 11 is 0. The summed E-state index contributed by atoms with van der Waals surface area (Å²) in [6, 6.07) is 10.1. The van der Waals surface area contributed by atoms with Gasteiger partial charge in [0.25, 0.3) is 0 Å². The minimum Gasteiger partial charge on any atom is -0.394 e. The number of halogens is 2. The Morgan fingerprint density at radius 1 is 1.23 bits per heavy atom. The second-order valence-electron chi connectivity index (χ2n) is 4.43. The largest absolute Gasteiger partial charge is 0.394 e. The molecule has 5 nitrogen and oxygen atoms in total. The van der Waals surface area contributed by atoms with E-state index in [2.05, 4.69) is 14.7 Å². The number of hydrogen-bond donors (Lipinski definition) is 1. The SMILES string of the molecule is Cl.Cl.NCCO/N=C(\CCCn1ccnc1)c1ccccc1. The average molecular weight is 345 g/mol. The van der Waals surface area contributed by atoms with E-state index in [4.69, 9.17) is 10.6 Å². The van der Waals surface area contributed by atoms with Crippen LogP contribution < -0.4 is 5.73 Å². The second kappa shape index (κ2) is 12.0. The highest BCUT2D eigenvalue weighted by Crippen LogP contribution is 2.08. The first-order chi connectivity index (χ1) is 9.90. The lowest BCUT2D eigenvalue weighted by molar-refractivity contribution is 0.151. The predicted octanol–water partition coefficient (Wildman–Crippen LogP) is 2.89. The summed E-state index contributed by atoms with van der Waals surface area (Å²) in [5.41, 5.74) is 7.46. The van der Waals surface area contributed by atoms with Crippen molar-refractivity contribution < 1.29 is 4.84 Å². The van der Waals surface area contributed by atoms with Gasteiger partial charge in [-0.15, -0.1) is 24.8 Å². The normalized spacial score (nSPS) is 10.5. The number of oxime groups is 1. The Bertz CT molecular complexity index is 518. The van der Waals surface area contributed by atoms with Gasteiger partial charge in [0.15, 0.2) is 0 Å². The Hall–Kier alpha value is -1.56. The standard InChI is InChI=1S/C15H20N4O.2ClH/c16-8-12-20-18-15(14-5-2-1-3-6-14)7-4-10-19-11-9-17-13-19;;/h1-3,5-6,9,11,13H,4,7-8,10,12,16H2;2*1H/b18-15+;;. The molecule has 0 spiro atoms. The maximum absolute atomic E-state index is 5.41. The van der Waals surface area contributed by atoms with E-state index in [1.807, 2.05) is 42.9 Å². The highest BCUT2D eigenvalue weighted by Gasteiger charge is 2.04. The van der Waals surface area contributed by atoms with Crippen LogP contribution in [-0.2, 0) is 11.4 Å². The number of aryl methyl sites for hydroxylation is 1. The highest BCUT2D eigenvalue weighted by molar-refractivity contribution is 6.00. The second-order valence-corrected chi connectivity index (χ2v) is 4.43. The summed E-state index contributed by atoms with van der Waals surface area (Å²) in [7, 11) is 0. The lowest BCUT2D eigenvalue weighted by Crippen LogP contribution is -2.09. The van der Waals surface area contributed by atoms with Crippen molar-refractivity contribution in [2.24, 2.45) is 10.9 Å². The molecule has 2 aromatic rings. The lowest BCUT2D eigenvalue weighted by atomic mass is 10.1. The van der Waals surface area contributed by atoms with Crippen LogP contribution in [0.4, 0.5) is 0 Å². The van der Waals surface area contributed by atoms with Gasteiger partial charge >= 0.3 is 0 Å². The van der Waals surface area contributed by atoms with E-state index in [-0.39, 0.29) is 24.8 Å². The van der Waals surface area contributed by atoms with E-state index in [0.717, 1.165) is 30.7 Å². The Morgan fingerprint density at radius 3 is 2.64 bits per heavy atom. The molecular formula is C15H22Cl2N4O. The average Bonchev–Trinajstić information content (AvgIpc) is 3.00. The fourth-order valence-electron chi connectivity index (χ4n) is 1.90. The van der Waals surface area contributed by atoms with Gasteiger partial charge in [-0.2, -0.15) is 0 Å². The number of hydrogen-bond acceptors (Lipinski definition) is 4. The number of benzene rings is 1. The van der Waals surface area contributed by atoms with Crippen molar-refractivity contribution in [2.45, 2.75) is 19.4 Å². The van der Waals surface area contributed by atoms with E-state index in [1.54, 1.807) is 6.20 Å². The zero-order valence-electron chi connectivity index (χ0n) is 12.3. The van der Waals surface area contributed by atoms with Gasteiger partial charge in [-0.3, -0.25) is 0 Å². The van der Waals surface area contributed by atoms with Crippen molar-refractivity contribution in [3.63, 3.8) is 0 Å². The van der Waals surface area contributed by atoms with Crippen LogP contribution in [0, 0.1) is 0 Å². The lowest BCUT2D eigenvalue weighted by Gasteiger charge is -2.07. The van der Waals surface area contributed by atoms with E-state index >= 15 is 0 Å².